The summed E-state index contributed by atoms with van der Waals surface area (Å²) in [5.74, 6) is 0. The van der Waals surface area contributed by atoms with Gasteiger partial charge in [0.15, 0.2) is 5.69 Å². The Labute approximate surface area is 129 Å². The molecule has 0 N–H and O–H groups in total. The van der Waals surface area contributed by atoms with Gasteiger partial charge in [0.05, 0.1) is 5.69 Å². The average molecular weight is 304 g/mol. The molecule has 0 aliphatic rings. The van der Waals surface area contributed by atoms with E-state index in [1.807, 2.05) is 30.3 Å². The Morgan fingerprint density at radius 1 is 1.14 bits per heavy atom. The van der Waals surface area contributed by atoms with E-state index in [4.69, 9.17) is 0 Å². The average Bonchev–Trinajstić information content (AvgIpc) is 3.14. The molecule has 0 saturated carbocycles. The molecule has 0 saturated heterocycles. The summed E-state index contributed by atoms with van der Waals surface area (Å²) in [7, 11) is 0. The quantitative estimate of drug-likeness (QED) is 0.569. The molecule has 7 heteroatoms. The minimum absolute atomic E-state index is 0.389. The maximum atomic E-state index is 9.46. The Balaban J connectivity index is 1.90. The van der Waals surface area contributed by atoms with E-state index in [0.717, 1.165) is 10.6 Å². The lowest BCUT2D eigenvalue weighted by molar-refractivity contribution is 0.959. The van der Waals surface area contributed by atoms with Crippen molar-refractivity contribution in [2.45, 2.75) is 0 Å². The Kier molecular flexibility index (Phi) is 2.88. The summed E-state index contributed by atoms with van der Waals surface area (Å²) in [5.41, 5.74) is 2.51. The standard InChI is InChI=1S/C15H8N6S/c16-8-12-13(11-5-1-2-7-18-11)19-15-21(12)20-14(22-15)10-4-3-6-17-9-10/h1-7,9H. The van der Waals surface area contributed by atoms with Crippen LogP contribution in [0, 0.1) is 11.3 Å². The number of fused-ring (bicyclic) bond motifs is 1. The summed E-state index contributed by atoms with van der Waals surface area (Å²) < 4.78 is 1.57. The highest BCUT2D eigenvalue weighted by Gasteiger charge is 2.18. The highest BCUT2D eigenvalue weighted by Crippen LogP contribution is 2.29. The molecule has 0 amide bonds. The molecule has 0 aliphatic heterocycles. The van der Waals surface area contributed by atoms with Gasteiger partial charge in [0.2, 0.25) is 4.96 Å². The zero-order chi connectivity index (χ0) is 14.9. The molecule has 6 nitrogen and oxygen atoms in total. The molecule has 104 valence electrons. The molecular formula is C15H8N6S. The number of nitrogens with zero attached hydrogens (tertiary/aromatic N) is 6. The Morgan fingerprint density at radius 2 is 2.09 bits per heavy atom. The largest absolute Gasteiger partial charge is 0.264 e. The van der Waals surface area contributed by atoms with Crippen molar-refractivity contribution < 1.29 is 0 Å². The van der Waals surface area contributed by atoms with Crippen LogP contribution >= 0.6 is 11.3 Å². The van der Waals surface area contributed by atoms with Crippen molar-refractivity contribution in [3.8, 4) is 28.0 Å². The topological polar surface area (TPSA) is 79.8 Å². The third kappa shape index (κ3) is 1.94. The molecule has 0 radical (unpaired) electrons. The molecule has 0 fully saturated rings. The van der Waals surface area contributed by atoms with Crippen molar-refractivity contribution in [3.63, 3.8) is 0 Å². The van der Waals surface area contributed by atoms with Crippen molar-refractivity contribution >= 4 is 16.3 Å². The minimum atomic E-state index is 0.389. The first-order valence-corrected chi connectivity index (χ1v) is 7.30. The van der Waals surface area contributed by atoms with Gasteiger partial charge in [-0.2, -0.15) is 14.9 Å². The van der Waals surface area contributed by atoms with Crippen molar-refractivity contribution in [1.29, 1.82) is 5.26 Å². The SMILES string of the molecule is N#Cc1c(-c2ccccn2)nc2sc(-c3cccnc3)nn12. The zero-order valence-corrected chi connectivity index (χ0v) is 12.0. The first-order chi connectivity index (χ1) is 10.9. The number of hydrogen-bond acceptors (Lipinski definition) is 6. The van der Waals surface area contributed by atoms with Crippen LogP contribution in [0.1, 0.15) is 5.69 Å². The van der Waals surface area contributed by atoms with Gasteiger partial charge in [0.1, 0.15) is 16.8 Å². The first kappa shape index (κ1) is 12.6. The lowest BCUT2D eigenvalue weighted by Gasteiger charge is -1.96. The van der Waals surface area contributed by atoms with Crippen LogP contribution in [0.5, 0.6) is 0 Å². The third-order valence-electron chi connectivity index (χ3n) is 3.13. The van der Waals surface area contributed by atoms with Gasteiger partial charge >= 0.3 is 0 Å². The predicted octanol–water partition coefficient (Wildman–Crippen LogP) is 2.79. The molecule has 4 rings (SSSR count). The van der Waals surface area contributed by atoms with Crippen LogP contribution in [0.3, 0.4) is 0 Å². The molecule has 0 spiro atoms. The molecule has 0 atom stereocenters. The van der Waals surface area contributed by atoms with E-state index in [0.29, 0.717) is 22.0 Å². The van der Waals surface area contributed by atoms with Crippen LogP contribution in [-0.4, -0.2) is 24.6 Å². The number of aromatic nitrogens is 5. The zero-order valence-electron chi connectivity index (χ0n) is 11.2. The molecule has 4 aromatic rings. The van der Waals surface area contributed by atoms with Crippen LogP contribution in [0.15, 0.2) is 48.9 Å². The van der Waals surface area contributed by atoms with E-state index in [1.165, 1.54) is 11.3 Å². The lowest BCUT2D eigenvalue weighted by Crippen LogP contribution is -1.92. The van der Waals surface area contributed by atoms with E-state index in [2.05, 4.69) is 26.1 Å². The lowest BCUT2D eigenvalue weighted by atomic mass is 10.2. The van der Waals surface area contributed by atoms with Gasteiger partial charge in [0.25, 0.3) is 0 Å². The monoisotopic (exact) mass is 304 g/mol. The van der Waals surface area contributed by atoms with E-state index >= 15 is 0 Å². The molecule has 0 aliphatic carbocycles. The summed E-state index contributed by atoms with van der Waals surface area (Å²) in [6, 6.07) is 11.5. The number of pyridine rings is 2. The van der Waals surface area contributed by atoms with Crippen molar-refractivity contribution in [1.82, 2.24) is 24.6 Å². The third-order valence-corrected chi connectivity index (χ3v) is 4.08. The van der Waals surface area contributed by atoms with Crippen LogP contribution in [-0.2, 0) is 0 Å². The maximum Gasteiger partial charge on any atom is 0.214 e. The number of rotatable bonds is 2. The Morgan fingerprint density at radius 3 is 2.82 bits per heavy atom. The summed E-state index contributed by atoms with van der Waals surface area (Å²) in [5, 5.41) is 14.7. The van der Waals surface area contributed by atoms with Gasteiger partial charge in [-0.3, -0.25) is 9.97 Å². The van der Waals surface area contributed by atoms with Gasteiger partial charge in [-0.25, -0.2) is 4.98 Å². The summed E-state index contributed by atoms with van der Waals surface area (Å²) in [6.45, 7) is 0. The number of imidazole rings is 1. The molecule has 0 aromatic carbocycles. The molecule has 0 unspecified atom stereocenters. The second kappa shape index (κ2) is 5.02. The van der Waals surface area contributed by atoms with E-state index in [-0.39, 0.29) is 0 Å². The molecule has 4 aromatic heterocycles. The molecule has 22 heavy (non-hydrogen) atoms. The second-order valence-electron chi connectivity index (χ2n) is 4.48. The fourth-order valence-corrected chi connectivity index (χ4v) is 3.03. The van der Waals surface area contributed by atoms with Gasteiger partial charge in [-0.15, -0.1) is 0 Å². The van der Waals surface area contributed by atoms with Gasteiger partial charge < -0.3 is 0 Å². The van der Waals surface area contributed by atoms with Crippen LogP contribution < -0.4 is 0 Å². The van der Waals surface area contributed by atoms with E-state index < -0.39 is 0 Å². The van der Waals surface area contributed by atoms with Crippen molar-refractivity contribution in [3.05, 3.63) is 54.6 Å². The fraction of sp³-hybridized carbons (Fsp3) is 0. The summed E-state index contributed by atoms with van der Waals surface area (Å²) in [6.07, 6.45) is 5.13. The van der Waals surface area contributed by atoms with Gasteiger partial charge in [-0.1, -0.05) is 17.4 Å². The minimum Gasteiger partial charge on any atom is -0.264 e. The van der Waals surface area contributed by atoms with Gasteiger partial charge in [0, 0.05) is 24.2 Å². The molecular weight excluding hydrogens is 296 g/mol. The summed E-state index contributed by atoms with van der Waals surface area (Å²) in [4.78, 5) is 13.5. The smallest absolute Gasteiger partial charge is 0.214 e. The predicted molar refractivity (Wildman–Crippen MR) is 82.0 cm³/mol. The fourth-order valence-electron chi connectivity index (χ4n) is 2.14. The van der Waals surface area contributed by atoms with Crippen LogP contribution in [0.4, 0.5) is 0 Å². The highest BCUT2D eigenvalue weighted by atomic mass is 32.1. The summed E-state index contributed by atoms with van der Waals surface area (Å²) >= 11 is 1.42. The van der Waals surface area contributed by atoms with Crippen LogP contribution in [0.25, 0.3) is 26.9 Å². The first-order valence-electron chi connectivity index (χ1n) is 6.48. The Bertz CT molecular complexity index is 981. The van der Waals surface area contributed by atoms with Crippen LogP contribution in [0.2, 0.25) is 0 Å². The highest BCUT2D eigenvalue weighted by molar-refractivity contribution is 7.19. The normalized spacial score (nSPS) is 10.7. The van der Waals surface area contributed by atoms with Crippen molar-refractivity contribution in [2.24, 2.45) is 0 Å². The molecule has 4 heterocycles. The number of hydrogen-bond donors (Lipinski definition) is 0. The van der Waals surface area contributed by atoms with E-state index in [9.17, 15) is 5.26 Å². The van der Waals surface area contributed by atoms with Crippen molar-refractivity contribution in [2.75, 3.05) is 0 Å². The Hall–Kier alpha value is -3.11. The second-order valence-corrected chi connectivity index (χ2v) is 5.44. The molecule has 0 bridgehead atoms. The van der Waals surface area contributed by atoms with Gasteiger partial charge in [-0.05, 0) is 24.3 Å². The maximum absolute atomic E-state index is 9.46. The number of nitriles is 1. The van der Waals surface area contributed by atoms with E-state index in [1.54, 1.807) is 23.1 Å².